The topological polar surface area (TPSA) is 57.6 Å². The molecule has 2 atom stereocenters. The second-order valence-corrected chi connectivity index (χ2v) is 5.59. The van der Waals surface area contributed by atoms with Crippen molar-refractivity contribution in [2.75, 3.05) is 6.54 Å². The molecule has 1 saturated heterocycles. The maximum Gasteiger partial charge on any atom is 0.326 e. The summed E-state index contributed by atoms with van der Waals surface area (Å²) in [6, 6.07) is -0.692. The van der Waals surface area contributed by atoms with E-state index in [0.29, 0.717) is 19.4 Å². The summed E-state index contributed by atoms with van der Waals surface area (Å²) in [6.07, 6.45) is 1.68. The van der Waals surface area contributed by atoms with Crippen molar-refractivity contribution in [1.29, 1.82) is 0 Å². The van der Waals surface area contributed by atoms with Crippen molar-refractivity contribution in [3.63, 3.8) is 0 Å². The van der Waals surface area contributed by atoms with Crippen LogP contribution in [-0.4, -0.2) is 38.8 Å². The summed E-state index contributed by atoms with van der Waals surface area (Å²) in [5.74, 6) is -1.58. The van der Waals surface area contributed by atoms with Crippen LogP contribution in [0.1, 0.15) is 19.3 Å². The molecule has 4 nitrogen and oxygen atoms in total. The summed E-state index contributed by atoms with van der Waals surface area (Å²) in [6.45, 7) is 0.496. The zero-order chi connectivity index (χ0) is 11.2. The first-order chi connectivity index (χ1) is 6.93. The Labute approximate surface area is 97.1 Å². The average Bonchev–Trinajstić information content (AvgIpc) is 2.65. The lowest BCUT2D eigenvalue weighted by atomic mass is 10.2. The molecule has 0 unspecified atom stereocenters. The molecule has 0 aromatic heterocycles. The summed E-state index contributed by atoms with van der Waals surface area (Å²) in [5, 5.41) is 8.90. The molecule has 1 amide bonds. The van der Waals surface area contributed by atoms with Crippen molar-refractivity contribution >= 4 is 35.1 Å². The fourth-order valence-electron chi connectivity index (χ4n) is 1.97. The van der Waals surface area contributed by atoms with Crippen LogP contribution in [0.25, 0.3) is 0 Å². The molecule has 1 aliphatic carbocycles. The van der Waals surface area contributed by atoms with Crippen LogP contribution in [-0.2, 0) is 9.59 Å². The monoisotopic (exact) mass is 251 g/mol. The molecular weight excluding hydrogens is 241 g/mol. The first kappa shape index (κ1) is 11.0. The van der Waals surface area contributed by atoms with Crippen LogP contribution in [0.5, 0.6) is 0 Å². The minimum atomic E-state index is -0.970. The number of rotatable bonds is 2. The fourth-order valence-corrected chi connectivity index (χ4v) is 2.46. The molecule has 6 heteroatoms. The number of carbonyl (C=O) groups excluding carboxylic acids is 1. The number of likely N-dealkylation sites (tertiary alicyclic amines) is 1. The van der Waals surface area contributed by atoms with Gasteiger partial charge in [0.2, 0.25) is 5.91 Å². The average molecular weight is 252 g/mol. The Morgan fingerprint density at radius 1 is 1.40 bits per heavy atom. The zero-order valence-electron chi connectivity index (χ0n) is 7.95. The fraction of sp³-hybridized carbons (Fsp3) is 0.778. The van der Waals surface area contributed by atoms with E-state index in [-0.39, 0.29) is 5.91 Å². The summed E-state index contributed by atoms with van der Waals surface area (Å²) >= 11 is 11.6. The van der Waals surface area contributed by atoms with Crippen molar-refractivity contribution in [2.24, 2.45) is 5.92 Å². The predicted molar refractivity (Wildman–Crippen MR) is 54.9 cm³/mol. The van der Waals surface area contributed by atoms with E-state index in [1.807, 2.05) is 0 Å². The molecule has 0 radical (unpaired) electrons. The molecule has 2 rings (SSSR count). The smallest absolute Gasteiger partial charge is 0.326 e. The minimum Gasteiger partial charge on any atom is -0.480 e. The van der Waals surface area contributed by atoms with Crippen LogP contribution in [0.4, 0.5) is 0 Å². The van der Waals surface area contributed by atoms with E-state index in [0.717, 1.165) is 6.42 Å². The van der Waals surface area contributed by atoms with Gasteiger partial charge in [-0.1, -0.05) is 0 Å². The van der Waals surface area contributed by atoms with Gasteiger partial charge in [-0.3, -0.25) is 4.79 Å². The molecule has 1 N–H and O–H groups in total. The summed E-state index contributed by atoms with van der Waals surface area (Å²) in [5.41, 5.74) is 0. The Morgan fingerprint density at radius 2 is 2.00 bits per heavy atom. The van der Waals surface area contributed by atoms with Gasteiger partial charge < -0.3 is 10.0 Å². The molecule has 0 aromatic rings. The molecule has 0 bridgehead atoms. The summed E-state index contributed by atoms with van der Waals surface area (Å²) in [7, 11) is 0. The normalized spacial score (nSPS) is 32.8. The Balaban J connectivity index is 2.04. The van der Waals surface area contributed by atoms with Gasteiger partial charge in [0.25, 0.3) is 0 Å². The number of carboxylic acids is 1. The highest BCUT2D eigenvalue weighted by molar-refractivity contribution is 6.52. The number of halogens is 2. The molecule has 84 valence electrons. The SMILES string of the molecule is O=C(O)[C@H]1CCCN1C(=O)[C@@H]1CC1(Cl)Cl. The molecule has 0 spiro atoms. The molecule has 2 fully saturated rings. The second kappa shape index (κ2) is 3.52. The molecule has 1 aliphatic heterocycles. The number of nitrogens with zero attached hydrogens (tertiary/aromatic N) is 1. The van der Waals surface area contributed by atoms with Gasteiger partial charge in [0.15, 0.2) is 0 Å². The van der Waals surface area contributed by atoms with Crippen LogP contribution in [0.15, 0.2) is 0 Å². The standard InChI is InChI=1S/C9H11Cl2NO3/c10-9(11)4-5(9)7(13)12-3-1-2-6(12)8(14)15/h5-6H,1-4H2,(H,14,15)/t5-,6+/m0/s1. The lowest BCUT2D eigenvalue weighted by Crippen LogP contribution is -2.41. The van der Waals surface area contributed by atoms with E-state index in [1.165, 1.54) is 4.90 Å². The van der Waals surface area contributed by atoms with Gasteiger partial charge in [0.05, 0.1) is 5.92 Å². The van der Waals surface area contributed by atoms with Gasteiger partial charge in [-0.05, 0) is 19.3 Å². The Kier molecular flexibility index (Phi) is 2.59. The van der Waals surface area contributed by atoms with Crippen molar-refractivity contribution in [2.45, 2.75) is 29.6 Å². The first-order valence-electron chi connectivity index (χ1n) is 4.84. The Hall–Kier alpha value is -0.480. The molecule has 1 heterocycles. The number of carboxylic acid groups (broad SMARTS) is 1. The summed E-state index contributed by atoms with van der Waals surface area (Å²) in [4.78, 5) is 24.1. The van der Waals surface area contributed by atoms with Gasteiger partial charge in [-0.25, -0.2) is 4.79 Å². The summed E-state index contributed by atoms with van der Waals surface area (Å²) < 4.78 is -0.970. The maximum atomic E-state index is 11.8. The first-order valence-corrected chi connectivity index (χ1v) is 5.60. The van der Waals surface area contributed by atoms with Crippen LogP contribution < -0.4 is 0 Å². The van der Waals surface area contributed by atoms with Crippen LogP contribution in [0, 0.1) is 5.92 Å². The Morgan fingerprint density at radius 3 is 2.47 bits per heavy atom. The van der Waals surface area contributed by atoms with Crippen LogP contribution in [0.2, 0.25) is 0 Å². The predicted octanol–water partition coefficient (Wildman–Crippen LogP) is 1.26. The van der Waals surface area contributed by atoms with Crippen LogP contribution >= 0.6 is 23.2 Å². The zero-order valence-corrected chi connectivity index (χ0v) is 9.46. The molecule has 1 saturated carbocycles. The van der Waals surface area contributed by atoms with Gasteiger partial charge in [0.1, 0.15) is 10.4 Å². The van der Waals surface area contributed by atoms with E-state index in [2.05, 4.69) is 0 Å². The van der Waals surface area contributed by atoms with E-state index >= 15 is 0 Å². The number of hydrogen-bond acceptors (Lipinski definition) is 2. The Bertz CT molecular complexity index is 318. The highest BCUT2D eigenvalue weighted by Crippen LogP contribution is 2.54. The van der Waals surface area contributed by atoms with Gasteiger partial charge >= 0.3 is 5.97 Å². The van der Waals surface area contributed by atoms with Crippen molar-refractivity contribution in [3.05, 3.63) is 0 Å². The van der Waals surface area contributed by atoms with E-state index in [1.54, 1.807) is 0 Å². The number of hydrogen-bond donors (Lipinski definition) is 1. The molecule has 2 aliphatic rings. The number of carbonyl (C=O) groups is 2. The highest BCUT2D eigenvalue weighted by Gasteiger charge is 2.58. The number of aliphatic carboxylic acids is 1. The third-order valence-corrected chi connectivity index (χ3v) is 3.78. The maximum absolute atomic E-state index is 11.8. The lowest BCUT2D eigenvalue weighted by Gasteiger charge is -2.21. The lowest BCUT2D eigenvalue weighted by molar-refractivity contribution is -0.148. The molecule has 0 aromatic carbocycles. The quantitative estimate of drug-likeness (QED) is 0.752. The van der Waals surface area contributed by atoms with Gasteiger partial charge in [0, 0.05) is 6.54 Å². The number of alkyl halides is 2. The molecular formula is C9H11Cl2NO3. The van der Waals surface area contributed by atoms with Crippen molar-refractivity contribution in [1.82, 2.24) is 4.90 Å². The van der Waals surface area contributed by atoms with Crippen LogP contribution in [0.3, 0.4) is 0 Å². The van der Waals surface area contributed by atoms with E-state index in [9.17, 15) is 9.59 Å². The van der Waals surface area contributed by atoms with Gasteiger partial charge in [-0.15, -0.1) is 23.2 Å². The second-order valence-electron chi connectivity index (χ2n) is 4.05. The van der Waals surface area contributed by atoms with Gasteiger partial charge in [-0.2, -0.15) is 0 Å². The number of amides is 1. The van der Waals surface area contributed by atoms with E-state index in [4.69, 9.17) is 28.3 Å². The highest BCUT2D eigenvalue weighted by atomic mass is 35.5. The minimum absolute atomic E-state index is 0.218. The third-order valence-electron chi connectivity index (χ3n) is 2.94. The molecule has 15 heavy (non-hydrogen) atoms. The largest absolute Gasteiger partial charge is 0.480 e. The third kappa shape index (κ3) is 1.93. The van der Waals surface area contributed by atoms with Crippen molar-refractivity contribution < 1.29 is 14.7 Å². The van der Waals surface area contributed by atoms with E-state index < -0.39 is 22.3 Å². The van der Waals surface area contributed by atoms with Crippen molar-refractivity contribution in [3.8, 4) is 0 Å².